The van der Waals surface area contributed by atoms with Crippen molar-refractivity contribution in [1.29, 1.82) is 0 Å². The van der Waals surface area contributed by atoms with Crippen molar-refractivity contribution in [2.75, 3.05) is 13.1 Å². The Labute approximate surface area is 117 Å². The van der Waals surface area contributed by atoms with Gasteiger partial charge < -0.3 is 5.73 Å². The van der Waals surface area contributed by atoms with Crippen LogP contribution in [0.4, 0.5) is 13.2 Å². The van der Waals surface area contributed by atoms with Gasteiger partial charge in [0.2, 0.25) is 0 Å². The molecule has 0 aromatic heterocycles. The molecule has 0 aliphatic carbocycles. The fourth-order valence-corrected chi connectivity index (χ4v) is 2.92. The molecule has 1 fully saturated rings. The highest BCUT2D eigenvalue weighted by atomic mass is 19.4. The fraction of sp³-hybridized carbons (Fsp3) is 0.600. The lowest BCUT2D eigenvalue weighted by atomic mass is 10.0. The van der Waals surface area contributed by atoms with E-state index in [1.807, 2.05) is 0 Å². The van der Waals surface area contributed by atoms with Crippen LogP contribution in [-0.4, -0.2) is 24.0 Å². The number of rotatable bonds is 3. The molecule has 5 heteroatoms. The van der Waals surface area contributed by atoms with Gasteiger partial charge >= 0.3 is 6.18 Å². The third-order valence-electron chi connectivity index (χ3n) is 4.01. The minimum Gasteiger partial charge on any atom is -0.323 e. The largest absolute Gasteiger partial charge is 0.416 e. The first-order valence-corrected chi connectivity index (χ1v) is 6.94. The van der Waals surface area contributed by atoms with Crippen molar-refractivity contribution in [3.63, 3.8) is 0 Å². The van der Waals surface area contributed by atoms with E-state index in [0.717, 1.165) is 30.7 Å². The zero-order valence-corrected chi connectivity index (χ0v) is 11.8. The molecule has 1 aliphatic rings. The van der Waals surface area contributed by atoms with Crippen LogP contribution in [0.1, 0.15) is 37.4 Å². The van der Waals surface area contributed by atoms with E-state index in [9.17, 15) is 13.2 Å². The summed E-state index contributed by atoms with van der Waals surface area (Å²) in [6.45, 7) is 6.08. The Morgan fingerprint density at radius 3 is 2.30 bits per heavy atom. The summed E-state index contributed by atoms with van der Waals surface area (Å²) in [6.07, 6.45) is -3.14. The summed E-state index contributed by atoms with van der Waals surface area (Å²) >= 11 is 0. The Hall–Kier alpha value is -1.07. The van der Waals surface area contributed by atoms with Gasteiger partial charge in [0.15, 0.2) is 0 Å². The minimum absolute atomic E-state index is 0.245. The van der Waals surface area contributed by atoms with Gasteiger partial charge in [-0.25, -0.2) is 0 Å². The Morgan fingerprint density at radius 1 is 1.25 bits per heavy atom. The molecular formula is C15H21F3N2. The van der Waals surface area contributed by atoms with Gasteiger partial charge in [-0.15, -0.1) is 0 Å². The van der Waals surface area contributed by atoms with Gasteiger partial charge in [0, 0.05) is 25.2 Å². The lowest BCUT2D eigenvalue weighted by molar-refractivity contribution is -0.137. The first-order valence-electron chi connectivity index (χ1n) is 6.94. The highest BCUT2D eigenvalue weighted by Gasteiger charge is 2.31. The second-order valence-corrected chi connectivity index (χ2v) is 5.87. The molecule has 0 bridgehead atoms. The molecule has 0 spiro atoms. The topological polar surface area (TPSA) is 29.3 Å². The fourth-order valence-electron chi connectivity index (χ4n) is 2.92. The van der Waals surface area contributed by atoms with Gasteiger partial charge in [-0.3, -0.25) is 4.90 Å². The molecule has 20 heavy (non-hydrogen) atoms. The first kappa shape index (κ1) is 15.3. The van der Waals surface area contributed by atoms with E-state index in [1.165, 1.54) is 12.1 Å². The van der Waals surface area contributed by atoms with Crippen LogP contribution in [0.25, 0.3) is 0 Å². The molecule has 1 heterocycles. The van der Waals surface area contributed by atoms with E-state index in [1.54, 1.807) is 0 Å². The number of hydrogen-bond acceptors (Lipinski definition) is 2. The summed E-state index contributed by atoms with van der Waals surface area (Å²) < 4.78 is 37.5. The Bertz CT molecular complexity index is 441. The molecule has 3 atom stereocenters. The maximum atomic E-state index is 12.5. The summed E-state index contributed by atoms with van der Waals surface area (Å²) in [7, 11) is 0. The van der Waals surface area contributed by atoms with E-state index in [0.29, 0.717) is 18.5 Å². The van der Waals surface area contributed by atoms with E-state index >= 15 is 0 Å². The van der Waals surface area contributed by atoms with Crippen LogP contribution in [0, 0.1) is 5.92 Å². The van der Waals surface area contributed by atoms with Gasteiger partial charge in [0.25, 0.3) is 0 Å². The zero-order valence-electron chi connectivity index (χ0n) is 11.8. The van der Waals surface area contributed by atoms with Gasteiger partial charge in [-0.1, -0.05) is 19.1 Å². The van der Waals surface area contributed by atoms with E-state index in [4.69, 9.17) is 5.73 Å². The molecule has 1 aliphatic heterocycles. The minimum atomic E-state index is -4.29. The first-order chi connectivity index (χ1) is 9.27. The Kier molecular flexibility index (Phi) is 4.39. The van der Waals surface area contributed by atoms with Gasteiger partial charge in [-0.05, 0) is 37.0 Å². The second-order valence-electron chi connectivity index (χ2n) is 5.87. The number of likely N-dealkylation sites (tertiary alicyclic amines) is 1. The van der Waals surface area contributed by atoms with Crippen LogP contribution in [0.2, 0.25) is 0 Å². The number of alkyl halides is 3. The van der Waals surface area contributed by atoms with Gasteiger partial charge in [0.05, 0.1) is 5.56 Å². The number of nitrogens with zero attached hydrogens (tertiary/aromatic N) is 1. The predicted octanol–water partition coefficient (Wildman–Crippen LogP) is 3.44. The highest BCUT2D eigenvalue weighted by molar-refractivity contribution is 5.26. The maximum Gasteiger partial charge on any atom is 0.416 e. The second kappa shape index (κ2) is 5.74. The van der Waals surface area contributed by atoms with E-state index in [-0.39, 0.29) is 6.04 Å². The SMILES string of the molecule is CC1CC(C)N(CC(N)c2ccc(C(F)(F)F)cc2)C1. The highest BCUT2D eigenvalue weighted by Crippen LogP contribution is 2.30. The molecule has 1 aromatic carbocycles. The lowest BCUT2D eigenvalue weighted by Gasteiger charge is -2.25. The number of hydrogen-bond donors (Lipinski definition) is 1. The zero-order chi connectivity index (χ0) is 14.9. The summed E-state index contributed by atoms with van der Waals surface area (Å²) in [4.78, 5) is 2.31. The smallest absolute Gasteiger partial charge is 0.323 e. The Morgan fingerprint density at radius 2 is 1.85 bits per heavy atom. The molecule has 1 aromatic rings. The molecule has 2 nitrogen and oxygen atoms in total. The summed E-state index contributed by atoms with van der Waals surface area (Å²) in [5.41, 5.74) is 6.24. The molecule has 0 radical (unpaired) electrons. The van der Waals surface area contributed by atoms with Crippen molar-refractivity contribution < 1.29 is 13.2 Å². The van der Waals surface area contributed by atoms with Crippen LogP contribution >= 0.6 is 0 Å². The third-order valence-corrected chi connectivity index (χ3v) is 4.01. The molecule has 0 saturated carbocycles. The van der Waals surface area contributed by atoms with Gasteiger partial charge in [-0.2, -0.15) is 13.2 Å². The summed E-state index contributed by atoms with van der Waals surface area (Å²) in [5.74, 6) is 0.657. The van der Waals surface area contributed by atoms with Crippen LogP contribution in [0.15, 0.2) is 24.3 Å². The molecule has 2 N–H and O–H groups in total. The van der Waals surface area contributed by atoms with Gasteiger partial charge in [0.1, 0.15) is 0 Å². The Balaban J connectivity index is 2.01. The van der Waals surface area contributed by atoms with E-state index in [2.05, 4.69) is 18.7 Å². The van der Waals surface area contributed by atoms with Crippen molar-refractivity contribution in [2.24, 2.45) is 11.7 Å². The average molecular weight is 286 g/mol. The summed E-state index contributed by atoms with van der Waals surface area (Å²) in [6, 6.07) is 5.42. The standard InChI is InChI=1S/C15H21F3N2/c1-10-7-11(2)20(8-10)9-14(19)12-3-5-13(6-4-12)15(16,17)18/h3-6,10-11,14H,7-9,19H2,1-2H3. The van der Waals surface area contributed by atoms with E-state index < -0.39 is 11.7 Å². The maximum absolute atomic E-state index is 12.5. The molecule has 2 rings (SSSR count). The number of nitrogens with two attached hydrogens (primary N) is 1. The molecular weight excluding hydrogens is 265 g/mol. The van der Waals surface area contributed by atoms with Crippen molar-refractivity contribution >= 4 is 0 Å². The van der Waals surface area contributed by atoms with Crippen LogP contribution in [0.5, 0.6) is 0 Å². The van der Waals surface area contributed by atoms with Crippen LogP contribution in [-0.2, 0) is 6.18 Å². The van der Waals surface area contributed by atoms with Crippen molar-refractivity contribution in [3.8, 4) is 0 Å². The lowest BCUT2D eigenvalue weighted by Crippen LogP contribution is -2.34. The van der Waals surface area contributed by atoms with Crippen LogP contribution < -0.4 is 5.73 Å². The molecule has 1 saturated heterocycles. The van der Waals surface area contributed by atoms with Crippen molar-refractivity contribution in [1.82, 2.24) is 4.90 Å². The van der Waals surface area contributed by atoms with Crippen molar-refractivity contribution in [3.05, 3.63) is 35.4 Å². The predicted molar refractivity (Wildman–Crippen MR) is 73.2 cm³/mol. The van der Waals surface area contributed by atoms with Crippen molar-refractivity contribution in [2.45, 2.75) is 38.5 Å². The molecule has 0 amide bonds. The quantitative estimate of drug-likeness (QED) is 0.922. The number of halogens is 3. The number of benzene rings is 1. The monoisotopic (exact) mass is 286 g/mol. The average Bonchev–Trinajstić information content (AvgIpc) is 2.67. The normalized spacial score (nSPS) is 25.9. The van der Waals surface area contributed by atoms with Crippen LogP contribution in [0.3, 0.4) is 0 Å². The summed E-state index contributed by atoms with van der Waals surface area (Å²) in [5, 5.41) is 0. The molecule has 3 unspecified atom stereocenters. The molecule has 112 valence electrons. The third kappa shape index (κ3) is 3.52.